The van der Waals surface area contributed by atoms with Crippen LogP contribution in [0.4, 0.5) is 0 Å². The summed E-state index contributed by atoms with van der Waals surface area (Å²) < 4.78 is 0. The molecule has 140 valence electrons. The topological polar surface area (TPSA) is 87.7 Å². The number of rotatable bonds is 5. The molecule has 0 aliphatic carbocycles. The van der Waals surface area contributed by atoms with Crippen LogP contribution in [0.1, 0.15) is 21.1 Å². The highest BCUT2D eigenvalue weighted by Gasteiger charge is 2.13. The van der Waals surface area contributed by atoms with E-state index in [2.05, 4.69) is 20.5 Å². The molecule has 0 fully saturated rings. The molecule has 4 aromatic rings. The van der Waals surface area contributed by atoms with E-state index in [1.807, 2.05) is 36.6 Å². The van der Waals surface area contributed by atoms with Gasteiger partial charge in [0.15, 0.2) is 5.69 Å². The van der Waals surface area contributed by atoms with Crippen LogP contribution in [-0.4, -0.2) is 27.6 Å². The Morgan fingerprint density at radius 2 is 1.86 bits per heavy atom. The number of nitrogens with zero attached hydrogens (tertiary/aromatic N) is 2. The summed E-state index contributed by atoms with van der Waals surface area (Å²) in [4.78, 5) is 28.8. The van der Waals surface area contributed by atoms with E-state index in [4.69, 9.17) is 0 Å². The molecule has 0 saturated carbocycles. The molecule has 0 spiro atoms. The zero-order valence-corrected chi connectivity index (χ0v) is 16.0. The number of hydrogen-bond acceptors (Lipinski definition) is 5. The lowest BCUT2D eigenvalue weighted by atomic mass is 10.1. The van der Waals surface area contributed by atoms with Gasteiger partial charge in [0.25, 0.3) is 11.5 Å². The number of aromatic amines is 1. The molecule has 0 aliphatic heterocycles. The maximum atomic E-state index is 12.5. The molecule has 2 aromatic carbocycles. The Labute approximate surface area is 165 Å². The molecule has 2 aromatic heterocycles. The van der Waals surface area contributed by atoms with Gasteiger partial charge < -0.3 is 5.32 Å². The number of amides is 1. The van der Waals surface area contributed by atoms with Crippen molar-refractivity contribution in [3.05, 3.63) is 80.5 Å². The molecule has 0 saturated heterocycles. The molecular formula is C21H18N4O2S. The first-order valence-electron chi connectivity index (χ1n) is 8.89. The van der Waals surface area contributed by atoms with Crippen LogP contribution in [0.15, 0.2) is 58.7 Å². The molecule has 0 atom stereocenters. The van der Waals surface area contributed by atoms with E-state index in [-0.39, 0.29) is 17.2 Å². The second-order valence-corrected chi connectivity index (χ2v) is 7.46. The summed E-state index contributed by atoms with van der Waals surface area (Å²) in [5.41, 5.74) is 3.11. The number of hydrogen-bond donors (Lipinski definition) is 2. The van der Waals surface area contributed by atoms with Crippen LogP contribution in [-0.2, 0) is 6.42 Å². The minimum atomic E-state index is -0.304. The number of benzene rings is 2. The van der Waals surface area contributed by atoms with Crippen molar-refractivity contribution in [1.82, 2.24) is 20.5 Å². The number of nitrogens with one attached hydrogen (secondary N) is 2. The summed E-state index contributed by atoms with van der Waals surface area (Å²) in [6.07, 6.45) is 0.698. The summed E-state index contributed by atoms with van der Waals surface area (Å²) in [5, 5.41) is 13.3. The third kappa shape index (κ3) is 3.70. The fraction of sp³-hybridized carbons (Fsp3) is 0.143. The zero-order valence-electron chi connectivity index (χ0n) is 15.2. The summed E-state index contributed by atoms with van der Waals surface area (Å²) in [5.74, 6) is -0.304. The quantitative estimate of drug-likeness (QED) is 0.547. The van der Waals surface area contributed by atoms with E-state index >= 15 is 0 Å². The fourth-order valence-electron chi connectivity index (χ4n) is 3.03. The van der Waals surface area contributed by atoms with Gasteiger partial charge in [0, 0.05) is 22.9 Å². The number of fused-ring (bicyclic) bond motifs is 1. The van der Waals surface area contributed by atoms with Crippen molar-refractivity contribution in [3.63, 3.8) is 0 Å². The molecule has 4 rings (SSSR count). The predicted molar refractivity (Wildman–Crippen MR) is 111 cm³/mol. The van der Waals surface area contributed by atoms with Crippen LogP contribution < -0.4 is 10.9 Å². The van der Waals surface area contributed by atoms with Crippen LogP contribution in [0.25, 0.3) is 22.0 Å². The first-order valence-corrected chi connectivity index (χ1v) is 9.77. The van der Waals surface area contributed by atoms with Crippen LogP contribution in [0.3, 0.4) is 0 Å². The second kappa shape index (κ2) is 7.74. The average molecular weight is 390 g/mol. The standard InChI is InChI=1S/C21H18N4O2S/c1-13-23-18(12-28-13)15-8-6-14(7-9-15)10-11-22-21(27)19-16-4-2-3-5-17(16)20(26)25-24-19/h2-9,12H,10-11H2,1H3,(H,22,27)(H,25,26). The van der Waals surface area contributed by atoms with Gasteiger partial charge in [-0.25, -0.2) is 10.1 Å². The van der Waals surface area contributed by atoms with Gasteiger partial charge in [0.05, 0.1) is 16.1 Å². The Morgan fingerprint density at radius 3 is 2.57 bits per heavy atom. The van der Waals surface area contributed by atoms with Crippen molar-refractivity contribution in [2.75, 3.05) is 6.54 Å². The van der Waals surface area contributed by atoms with Crippen LogP contribution in [0.5, 0.6) is 0 Å². The summed E-state index contributed by atoms with van der Waals surface area (Å²) in [7, 11) is 0. The van der Waals surface area contributed by atoms with E-state index in [1.165, 1.54) is 0 Å². The maximum Gasteiger partial charge on any atom is 0.272 e. The van der Waals surface area contributed by atoms with Gasteiger partial charge >= 0.3 is 0 Å². The van der Waals surface area contributed by atoms with E-state index in [0.29, 0.717) is 23.7 Å². The highest BCUT2D eigenvalue weighted by Crippen LogP contribution is 2.21. The third-order valence-electron chi connectivity index (χ3n) is 4.48. The van der Waals surface area contributed by atoms with E-state index in [0.717, 1.165) is 21.8 Å². The molecule has 0 bridgehead atoms. The minimum absolute atomic E-state index is 0.226. The average Bonchev–Trinajstić information content (AvgIpc) is 3.15. The van der Waals surface area contributed by atoms with Gasteiger partial charge in [-0.05, 0) is 25.0 Å². The number of thiazole rings is 1. The molecule has 1 amide bonds. The normalized spacial score (nSPS) is 10.9. The molecule has 2 heterocycles. The van der Waals surface area contributed by atoms with E-state index in [9.17, 15) is 9.59 Å². The van der Waals surface area contributed by atoms with Crippen LogP contribution in [0, 0.1) is 6.92 Å². The lowest BCUT2D eigenvalue weighted by molar-refractivity contribution is 0.0950. The molecule has 0 radical (unpaired) electrons. The third-order valence-corrected chi connectivity index (χ3v) is 5.25. The highest BCUT2D eigenvalue weighted by molar-refractivity contribution is 7.09. The number of carbonyl (C=O) groups is 1. The van der Waals surface area contributed by atoms with Crippen molar-refractivity contribution < 1.29 is 4.79 Å². The molecule has 6 nitrogen and oxygen atoms in total. The first-order chi connectivity index (χ1) is 13.6. The number of H-pyrrole nitrogens is 1. The Balaban J connectivity index is 1.41. The Kier molecular flexibility index (Phi) is 4.99. The van der Waals surface area contributed by atoms with Crippen molar-refractivity contribution in [3.8, 4) is 11.3 Å². The highest BCUT2D eigenvalue weighted by atomic mass is 32.1. The molecule has 7 heteroatoms. The number of carbonyl (C=O) groups excluding carboxylic acids is 1. The molecule has 0 unspecified atom stereocenters. The van der Waals surface area contributed by atoms with Gasteiger partial charge in [0.1, 0.15) is 0 Å². The van der Waals surface area contributed by atoms with E-state index < -0.39 is 0 Å². The number of aromatic nitrogens is 3. The van der Waals surface area contributed by atoms with Crippen molar-refractivity contribution in [2.24, 2.45) is 0 Å². The monoisotopic (exact) mass is 390 g/mol. The summed E-state index contributed by atoms with van der Waals surface area (Å²) in [6, 6.07) is 15.1. The Hall–Kier alpha value is -3.32. The van der Waals surface area contributed by atoms with Gasteiger partial charge in [-0.15, -0.1) is 11.3 Å². The van der Waals surface area contributed by atoms with Gasteiger partial charge in [-0.1, -0.05) is 42.5 Å². The zero-order chi connectivity index (χ0) is 19.5. The predicted octanol–water partition coefficient (Wildman–Crippen LogP) is 3.33. The van der Waals surface area contributed by atoms with Gasteiger partial charge in [-0.3, -0.25) is 9.59 Å². The molecular weight excluding hydrogens is 372 g/mol. The van der Waals surface area contributed by atoms with Gasteiger partial charge in [0.2, 0.25) is 0 Å². The van der Waals surface area contributed by atoms with Gasteiger partial charge in [-0.2, -0.15) is 5.10 Å². The molecule has 2 N–H and O–H groups in total. The smallest absolute Gasteiger partial charge is 0.272 e. The Bertz CT molecular complexity index is 1190. The first kappa shape index (κ1) is 18.1. The number of aryl methyl sites for hydroxylation is 1. The van der Waals surface area contributed by atoms with Crippen LogP contribution >= 0.6 is 11.3 Å². The Morgan fingerprint density at radius 1 is 1.11 bits per heavy atom. The molecule has 0 aliphatic rings. The maximum absolute atomic E-state index is 12.5. The van der Waals surface area contributed by atoms with Crippen molar-refractivity contribution in [1.29, 1.82) is 0 Å². The minimum Gasteiger partial charge on any atom is -0.350 e. The molecule has 28 heavy (non-hydrogen) atoms. The lowest BCUT2D eigenvalue weighted by Gasteiger charge is -2.07. The fourth-order valence-corrected chi connectivity index (χ4v) is 3.65. The lowest BCUT2D eigenvalue weighted by Crippen LogP contribution is -2.28. The van der Waals surface area contributed by atoms with E-state index in [1.54, 1.807) is 35.6 Å². The SMILES string of the molecule is Cc1nc(-c2ccc(CCNC(=O)c3n[nH]c(=O)c4ccccc34)cc2)cs1. The van der Waals surface area contributed by atoms with Crippen molar-refractivity contribution >= 4 is 28.0 Å². The second-order valence-electron chi connectivity index (χ2n) is 6.40. The van der Waals surface area contributed by atoms with Crippen molar-refractivity contribution in [2.45, 2.75) is 13.3 Å². The summed E-state index contributed by atoms with van der Waals surface area (Å²) in [6.45, 7) is 2.47. The van der Waals surface area contributed by atoms with Crippen LogP contribution in [0.2, 0.25) is 0 Å². The summed E-state index contributed by atoms with van der Waals surface area (Å²) >= 11 is 1.63. The largest absolute Gasteiger partial charge is 0.350 e.